The van der Waals surface area contributed by atoms with Crippen molar-refractivity contribution in [3.05, 3.63) is 23.1 Å². The molecule has 0 aliphatic rings. The highest BCUT2D eigenvalue weighted by Gasteiger charge is 2.14. The maximum absolute atomic E-state index is 11.8. The largest absolute Gasteiger partial charge is 0.493 e. The molecule has 23 heavy (non-hydrogen) atoms. The molecule has 6 nitrogen and oxygen atoms in total. The van der Waals surface area contributed by atoms with Crippen molar-refractivity contribution in [3.63, 3.8) is 0 Å². The van der Waals surface area contributed by atoms with E-state index in [1.807, 2.05) is 25.1 Å². The lowest BCUT2D eigenvalue weighted by atomic mass is 10.1. The van der Waals surface area contributed by atoms with Crippen molar-refractivity contribution in [2.45, 2.75) is 19.8 Å². The van der Waals surface area contributed by atoms with Gasteiger partial charge in [0.2, 0.25) is 5.91 Å². The summed E-state index contributed by atoms with van der Waals surface area (Å²) in [4.78, 5) is 17.3. The Labute approximate surface area is 139 Å². The second kappa shape index (κ2) is 7.94. The smallest absolute Gasteiger partial charge is 0.226 e. The zero-order valence-electron chi connectivity index (χ0n) is 13.5. The van der Waals surface area contributed by atoms with Gasteiger partial charge in [-0.3, -0.25) is 4.79 Å². The van der Waals surface area contributed by atoms with Crippen molar-refractivity contribution in [3.8, 4) is 22.8 Å². The van der Waals surface area contributed by atoms with Gasteiger partial charge in [0, 0.05) is 16.9 Å². The first-order valence-electron chi connectivity index (χ1n) is 7.28. The Balaban J connectivity index is 2.22. The Morgan fingerprint density at radius 2 is 2.04 bits per heavy atom. The summed E-state index contributed by atoms with van der Waals surface area (Å²) in [6.07, 6.45) is 1.07. The van der Waals surface area contributed by atoms with E-state index in [2.05, 4.69) is 10.3 Å². The molecular weight excluding hydrogens is 314 g/mol. The molecule has 124 valence electrons. The van der Waals surface area contributed by atoms with E-state index in [9.17, 15) is 4.79 Å². The van der Waals surface area contributed by atoms with Gasteiger partial charge in [-0.25, -0.2) is 4.98 Å². The number of amides is 1. The number of aryl methyl sites for hydroxylation is 1. The summed E-state index contributed by atoms with van der Waals surface area (Å²) >= 11 is 1.45. The molecule has 0 atom stereocenters. The summed E-state index contributed by atoms with van der Waals surface area (Å²) < 4.78 is 10.6. The molecule has 0 saturated heterocycles. The van der Waals surface area contributed by atoms with Gasteiger partial charge in [0.1, 0.15) is 0 Å². The van der Waals surface area contributed by atoms with Crippen molar-refractivity contribution in [2.75, 3.05) is 26.1 Å². The van der Waals surface area contributed by atoms with Gasteiger partial charge < -0.3 is 20.5 Å². The quantitative estimate of drug-likeness (QED) is 0.812. The average Bonchev–Trinajstić information content (AvgIpc) is 2.92. The molecule has 1 heterocycles. The van der Waals surface area contributed by atoms with E-state index in [0.717, 1.165) is 16.1 Å². The standard InChI is InChI=1S/C16H21N3O3S/c1-10-15(11-6-7-12(21-2)13(9-11)22-3)19-16(23-10)18-14(20)5-4-8-17/h6-7,9H,4-5,8,17H2,1-3H3,(H,18,19,20). The molecule has 0 unspecified atom stereocenters. The Morgan fingerprint density at radius 3 is 2.70 bits per heavy atom. The van der Waals surface area contributed by atoms with E-state index >= 15 is 0 Å². The SMILES string of the molecule is COc1ccc(-c2nc(NC(=O)CCCN)sc2C)cc1OC. The molecular formula is C16H21N3O3S. The number of benzene rings is 1. The first-order chi connectivity index (χ1) is 11.1. The number of methoxy groups -OCH3 is 2. The van der Waals surface area contributed by atoms with Crippen molar-refractivity contribution >= 4 is 22.4 Å². The van der Waals surface area contributed by atoms with Crippen LogP contribution in [0, 0.1) is 6.92 Å². The molecule has 2 aromatic rings. The molecule has 1 amide bonds. The Morgan fingerprint density at radius 1 is 1.30 bits per heavy atom. The molecule has 0 radical (unpaired) electrons. The van der Waals surface area contributed by atoms with Crippen LogP contribution < -0.4 is 20.5 Å². The fourth-order valence-electron chi connectivity index (χ4n) is 2.15. The molecule has 1 aromatic carbocycles. The lowest BCUT2D eigenvalue weighted by molar-refractivity contribution is -0.116. The van der Waals surface area contributed by atoms with E-state index in [1.54, 1.807) is 14.2 Å². The highest BCUT2D eigenvalue weighted by atomic mass is 32.1. The van der Waals surface area contributed by atoms with E-state index in [0.29, 0.717) is 36.0 Å². The number of nitrogens with zero attached hydrogens (tertiary/aromatic N) is 1. The van der Waals surface area contributed by atoms with Gasteiger partial charge in [0.15, 0.2) is 16.6 Å². The van der Waals surface area contributed by atoms with E-state index in [4.69, 9.17) is 15.2 Å². The maximum atomic E-state index is 11.8. The van der Waals surface area contributed by atoms with Gasteiger partial charge in [-0.2, -0.15) is 0 Å². The molecule has 2 rings (SSSR count). The number of aromatic nitrogens is 1. The van der Waals surface area contributed by atoms with Gasteiger partial charge in [-0.15, -0.1) is 11.3 Å². The minimum absolute atomic E-state index is 0.0666. The maximum Gasteiger partial charge on any atom is 0.226 e. The normalized spacial score (nSPS) is 10.4. The van der Waals surface area contributed by atoms with Gasteiger partial charge in [-0.05, 0) is 38.1 Å². The first-order valence-corrected chi connectivity index (χ1v) is 8.10. The van der Waals surface area contributed by atoms with Crippen LogP contribution in [0.3, 0.4) is 0 Å². The third-order valence-electron chi connectivity index (χ3n) is 3.31. The van der Waals surface area contributed by atoms with Gasteiger partial charge in [0.05, 0.1) is 19.9 Å². The number of hydrogen-bond donors (Lipinski definition) is 2. The Hall–Kier alpha value is -2.12. The van der Waals surface area contributed by atoms with Gasteiger partial charge >= 0.3 is 0 Å². The predicted octanol–water partition coefficient (Wildman–Crippen LogP) is 2.81. The highest BCUT2D eigenvalue weighted by molar-refractivity contribution is 7.16. The van der Waals surface area contributed by atoms with Crippen LogP contribution in [0.15, 0.2) is 18.2 Å². The lowest BCUT2D eigenvalue weighted by Gasteiger charge is -2.08. The topological polar surface area (TPSA) is 86.5 Å². The minimum atomic E-state index is -0.0666. The molecule has 7 heteroatoms. The Kier molecular flexibility index (Phi) is 5.95. The predicted molar refractivity (Wildman–Crippen MR) is 92.3 cm³/mol. The molecule has 0 aliphatic heterocycles. The van der Waals surface area contributed by atoms with Crippen molar-refractivity contribution in [1.82, 2.24) is 4.98 Å². The lowest BCUT2D eigenvalue weighted by Crippen LogP contribution is -2.13. The average molecular weight is 335 g/mol. The molecule has 0 spiro atoms. The van der Waals surface area contributed by atoms with Crippen LogP contribution in [0.5, 0.6) is 11.5 Å². The summed E-state index contributed by atoms with van der Waals surface area (Å²) in [7, 11) is 3.19. The van der Waals surface area contributed by atoms with Crippen LogP contribution in [0.4, 0.5) is 5.13 Å². The Bertz CT molecular complexity index is 685. The molecule has 0 saturated carbocycles. The third-order valence-corrected chi connectivity index (χ3v) is 4.19. The summed E-state index contributed by atoms with van der Waals surface area (Å²) in [6, 6.07) is 5.64. The van der Waals surface area contributed by atoms with Crippen molar-refractivity contribution in [2.24, 2.45) is 5.73 Å². The van der Waals surface area contributed by atoms with Crippen LogP contribution >= 0.6 is 11.3 Å². The molecule has 1 aromatic heterocycles. The number of hydrogen-bond acceptors (Lipinski definition) is 6. The highest BCUT2D eigenvalue weighted by Crippen LogP contribution is 2.35. The van der Waals surface area contributed by atoms with E-state index in [-0.39, 0.29) is 5.91 Å². The van der Waals surface area contributed by atoms with E-state index in [1.165, 1.54) is 11.3 Å². The summed E-state index contributed by atoms with van der Waals surface area (Å²) in [5, 5.41) is 3.41. The molecule has 0 bridgehead atoms. The summed E-state index contributed by atoms with van der Waals surface area (Å²) in [5.41, 5.74) is 7.15. The number of ether oxygens (including phenoxy) is 2. The number of nitrogens with two attached hydrogens (primary N) is 1. The molecule has 3 N–H and O–H groups in total. The third kappa shape index (κ3) is 4.20. The monoisotopic (exact) mass is 335 g/mol. The van der Waals surface area contributed by atoms with Crippen molar-refractivity contribution < 1.29 is 14.3 Å². The van der Waals surface area contributed by atoms with E-state index < -0.39 is 0 Å². The number of nitrogens with one attached hydrogen (secondary N) is 1. The second-order valence-corrected chi connectivity index (χ2v) is 6.14. The second-order valence-electron chi connectivity index (χ2n) is 4.93. The van der Waals surface area contributed by atoms with Crippen LogP contribution in [-0.4, -0.2) is 31.7 Å². The van der Waals surface area contributed by atoms with Gasteiger partial charge in [0.25, 0.3) is 0 Å². The number of carbonyl (C=O) groups is 1. The number of thiazole rings is 1. The fraction of sp³-hybridized carbons (Fsp3) is 0.375. The summed E-state index contributed by atoms with van der Waals surface area (Å²) in [5.74, 6) is 1.24. The van der Waals surface area contributed by atoms with Crippen LogP contribution in [0.2, 0.25) is 0 Å². The van der Waals surface area contributed by atoms with Crippen LogP contribution in [0.1, 0.15) is 17.7 Å². The fourth-order valence-corrected chi connectivity index (χ4v) is 3.00. The summed E-state index contributed by atoms with van der Waals surface area (Å²) in [6.45, 7) is 2.47. The van der Waals surface area contributed by atoms with Crippen LogP contribution in [-0.2, 0) is 4.79 Å². The van der Waals surface area contributed by atoms with Gasteiger partial charge in [-0.1, -0.05) is 0 Å². The number of anilines is 1. The number of rotatable bonds is 7. The molecule has 0 fully saturated rings. The minimum Gasteiger partial charge on any atom is -0.493 e. The number of carbonyl (C=O) groups excluding carboxylic acids is 1. The molecule has 0 aliphatic carbocycles. The zero-order valence-corrected chi connectivity index (χ0v) is 14.3. The van der Waals surface area contributed by atoms with Crippen LogP contribution in [0.25, 0.3) is 11.3 Å². The zero-order chi connectivity index (χ0) is 16.8. The first kappa shape index (κ1) is 17.2. The van der Waals surface area contributed by atoms with Crippen molar-refractivity contribution in [1.29, 1.82) is 0 Å².